The van der Waals surface area contributed by atoms with E-state index in [1.54, 1.807) is 0 Å². The monoisotopic (exact) mass is 673 g/mol. The number of aromatic nitrogens is 2. The number of nitrogens with zero attached hydrogens (tertiary/aromatic N) is 3. The van der Waals surface area contributed by atoms with Crippen LogP contribution < -0.4 is 4.90 Å². The van der Waals surface area contributed by atoms with Gasteiger partial charge in [0, 0.05) is 16.3 Å². The predicted octanol–water partition coefficient (Wildman–Crippen LogP) is 11.5. The Bertz CT molecular complexity index is 2770. The highest BCUT2D eigenvalue weighted by Gasteiger charge is 2.67. The van der Waals surface area contributed by atoms with Gasteiger partial charge < -0.3 is 4.90 Å². The van der Waals surface area contributed by atoms with Crippen molar-refractivity contribution in [1.82, 2.24) is 9.97 Å². The predicted molar refractivity (Wildman–Crippen MR) is 215 cm³/mol. The molecule has 2 spiro atoms. The molecule has 3 nitrogen and oxygen atoms in total. The third kappa shape index (κ3) is 3.45. The number of hydrogen-bond donors (Lipinski definition) is 0. The van der Waals surface area contributed by atoms with E-state index in [2.05, 4.69) is 193 Å². The van der Waals surface area contributed by atoms with Crippen LogP contribution in [0.2, 0.25) is 0 Å². The van der Waals surface area contributed by atoms with E-state index in [1.165, 1.54) is 55.6 Å². The molecule has 0 radical (unpaired) electrons. The Hall–Kier alpha value is -6.84. The summed E-state index contributed by atoms with van der Waals surface area (Å²) in [5.41, 5.74) is 13.9. The van der Waals surface area contributed by atoms with Gasteiger partial charge in [-0.2, -0.15) is 0 Å². The molecule has 8 aromatic carbocycles. The molecule has 0 bridgehead atoms. The van der Waals surface area contributed by atoms with E-state index >= 15 is 0 Å². The minimum Gasteiger partial charge on any atom is -0.305 e. The zero-order valence-corrected chi connectivity index (χ0v) is 28.7. The van der Waals surface area contributed by atoms with Crippen LogP contribution in [0.15, 0.2) is 188 Å². The van der Waals surface area contributed by atoms with Gasteiger partial charge in [0.05, 0.1) is 11.2 Å². The third-order valence-electron chi connectivity index (χ3n) is 12.1. The van der Waals surface area contributed by atoms with Crippen LogP contribution >= 0.6 is 0 Å². The van der Waals surface area contributed by atoms with E-state index in [4.69, 9.17) is 9.97 Å². The number of fused-ring (bicyclic) bond motifs is 16. The van der Waals surface area contributed by atoms with E-state index in [-0.39, 0.29) is 0 Å². The van der Waals surface area contributed by atoms with E-state index in [0.717, 1.165) is 32.9 Å². The zero-order valence-electron chi connectivity index (χ0n) is 28.7. The summed E-state index contributed by atoms with van der Waals surface area (Å²) < 4.78 is 0. The van der Waals surface area contributed by atoms with Gasteiger partial charge in [0.25, 0.3) is 0 Å². The van der Waals surface area contributed by atoms with Crippen LogP contribution in [-0.2, 0) is 11.1 Å². The molecule has 246 valence electrons. The second-order valence-electron chi connectivity index (χ2n) is 14.4. The van der Waals surface area contributed by atoms with Crippen molar-refractivity contribution in [2.24, 2.45) is 0 Å². The molecular formula is C50H31N3. The van der Waals surface area contributed by atoms with Crippen LogP contribution in [0, 0.1) is 0 Å². The van der Waals surface area contributed by atoms with Crippen molar-refractivity contribution < 1.29 is 0 Å². The van der Waals surface area contributed by atoms with Crippen LogP contribution in [0.25, 0.3) is 55.2 Å². The summed E-state index contributed by atoms with van der Waals surface area (Å²) in [6, 6.07) is 68.7. The van der Waals surface area contributed by atoms with Crippen molar-refractivity contribution in [2.75, 3.05) is 4.90 Å². The zero-order chi connectivity index (χ0) is 34.7. The first-order chi connectivity index (χ1) is 26.3. The molecule has 12 rings (SSSR count). The lowest BCUT2D eigenvalue weighted by atomic mass is 9.79. The first-order valence-corrected chi connectivity index (χ1v) is 18.4. The molecule has 0 unspecified atom stereocenters. The standard InChI is InChI=1S/C50H31N3/c1-2-17-33(18-3-1)46-39-31-30-32-16-4-5-19-34(32)47(39)52-48(51-46)53-49(40-24-10-6-20-35(40)36-21-7-11-25-41(36)49)44-28-14-15-29-45(44)50(53)42-26-12-8-22-37(42)38-23-9-13-27-43(38)50/h1-31H. The Morgan fingerprint density at radius 3 is 1.30 bits per heavy atom. The van der Waals surface area contributed by atoms with Crippen LogP contribution in [0.3, 0.4) is 0 Å². The van der Waals surface area contributed by atoms with Gasteiger partial charge in [-0.3, -0.25) is 0 Å². The van der Waals surface area contributed by atoms with Gasteiger partial charge in [-0.05, 0) is 67.1 Å². The molecule has 3 heteroatoms. The van der Waals surface area contributed by atoms with Gasteiger partial charge in [-0.15, -0.1) is 0 Å². The Labute approximate surface area is 307 Å². The molecule has 2 aliphatic carbocycles. The van der Waals surface area contributed by atoms with Crippen molar-refractivity contribution in [3.8, 4) is 33.5 Å². The van der Waals surface area contributed by atoms with Crippen molar-refractivity contribution in [2.45, 2.75) is 11.1 Å². The summed E-state index contributed by atoms with van der Waals surface area (Å²) in [5, 5.41) is 3.31. The fraction of sp³-hybridized carbons (Fsp3) is 0.0400. The Kier molecular flexibility index (Phi) is 5.64. The Morgan fingerprint density at radius 2 is 0.774 bits per heavy atom. The molecule has 0 amide bonds. The van der Waals surface area contributed by atoms with Gasteiger partial charge in [-0.1, -0.05) is 182 Å². The molecule has 0 fully saturated rings. The lowest BCUT2D eigenvalue weighted by Gasteiger charge is -2.47. The number of hydrogen-bond acceptors (Lipinski definition) is 3. The summed E-state index contributed by atoms with van der Waals surface area (Å²) in [7, 11) is 0. The van der Waals surface area contributed by atoms with Gasteiger partial charge in [0.1, 0.15) is 11.1 Å². The van der Waals surface area contributed by atoms with Crippen LogP contribution in [0.5, 0.6) is 0 Å². The van der Waals surface area contributed by atoms with Crippen molar-refractivity contribution in [3.63, 3.8) is 0 Å². The van der Waals surface area contributed by atoms with Gasteiger partial charge in [0.2, 0.25) is 5.95 Å². The molecule has 2 heterocycles. The van der Waals surface area contributed by atoms with Gasteiger partial charge >= 0.3 is 0 Å². The number of rotatable bonds is 2. The summed E-state index contributed by atoms with van der Waals surface area (Å²) in [5.74, 6) is 0.696. The molecule has 1 aromatic heterocycles. The summed E-state index contributed by atoms with van der Waals surface area (Å²) >= 11 is 0. The Balaban J connectivity index is 1.33. The van der Waals surface area contributed by atoms with E-state index < -0.39 is 11.1 Å². The summed E-state index contributed by atoms with van der Waals surface area (Å²) in [4.78, 5) is 14.2. The van der Waals surface area contributed by atoms with Crippen LogP contribution in [0.4, 0.5) is 5.95 Å². The average molecular weight is 674 g/mol. The molecule has 0 saturated heterocycles. The molecule has 9 aromatic rings. The first kappa shape index (κ1) is 28.8. The second kappa shape index (κ2) is 10.4. The van der Waals surface area contributed by atoms with Crippen molar-refractivity contribution >= 4 is 27.6 Å². The number of benzene rings is 8. The smallest absolute Gasteiger partial charge is 0.229 e. The maximum absolute atomic E-state index is 5.80. The summed E-state index contributed by atoms with van der Waals surface area (Å²) in [6.45, 7) is 0. The molecule has 0 N–H and O–H groups in total. The second-order valence-corrected chi connectivity index (χ2v) is 14.4. The van der Waals surface area contributed by atoms with E-state index in [1.807, 2.05) is 0 Å². The first-order valence-electron chi connectivity index (χ1n) is 18.4. The largest absolute Gasteiger partial charge is 0.305 e. The minimum atomic E-state index is -0.749. The topological polar surface area (TPSA) is 29.0 Å². The van der Waals surface area contributed by atoms with E-state index in [9.17, 15) is 0 Å². The van der Waals surface area contributed by atoms with Gasteiger partial charge in [0.15, 0.2) is 0 Å². The van der Waals surface area contributed by atoms with E-state index in [0.29, 0.717) is 5.95 Å². The maximum Gasteiger partial charge on any atom is 0.229 e. The van der Waals surface area contributed by atoms with Crippen molar-refractivity contribution in [1.29, 1.82) is 0 Å². The fourth-order valence-electron chi connectivity index (χ4n) is 10.2. The van der Waals surface area contributed by atoms with Crippen LogP contribution in [-0.4, -0.2) is 9.97 Å². The quantitative estimate of drug-likeness (QED) is 0.171. The molecular weight excluding hydrogens is 643 g/mol. The minimum absolute atomic E-state index is 0.696. The lowest BCUT2D eigenvalue weighted by Crippen LogP contribution is -2.53. The Morgan fingerprint density at radius 1 is 0.340 bits per heavy atom. The highest BCUT2D eigenvalue weighted by atomic mass is 15.4. The SMILES string of the molecule is c1ccc(-c2nc(N3C4(c5ccccc5-c5ccccc54)c4ccccc4C34c3ccccc3-c3ccccc34)nc3c2ccc2ccccc23)cc1. The van der Waals surface area contributed by atoms with Crippen LogP contribution in [0.1, 0.15) is 33.4 Å². The average Bonchev–Trinajstić information content (AvgIpc) is 3.81. The fourth-order valence-corrected chi connectivity index (χ4v) is 10.2. The van der Waals surface area contributed by atoms with Gasteiger partial charge in [-0.25, -0.2) is 9.97 Å². The molecule has 0 atom stereocenters. The highest BCUT2D eigenvalue weighted by Crippen LogP contribution is 2.69. The third-order valence-corrected chi connectivity index (χ3v) is 12.1. The molecule has 53 heavy (non-hydrogen) atoms. The summed E-state index contributed by atoms with van der Waals surface area (Å²) in [6.07, 6.45) is 0. The highest BCUT2D eigenvalue weighted by molar-refractivity contribution is 6.10. The molecule has 1 aliphatic heterocycles. The normalized spacial score (nSPS) is 15.1. The van der Waals surface area contributed by atoms with Crippen molar-refractivity contribution in [3.05, 3.63) is 221 Å². The number of anilines is 1. The lowest BCUT2D eigenvalue weighted by molar-refractivity contribution is 0.499. The molecule has 3 aliphatic rings. The maximum atomic E-state index is 5.80. The molecule has 0 saturated carbocycles.